The maximum Gasteiger partial charge on any atom is 0.435 e. The molecule has 1 saturated heterocycles. The second kappa shape index (κ2) is 5.24. The zero-order chi connectivity index (χ0) is 11.8. The Morgan fingerprint density at radius 3 is 2.71 bits per heavy atom. The van der Waals surface area contributed by atoms with Gasteiger partial charge in [0.05, 0.1) is 0 Å². The van der Waals surface area contributed by atoms with E-state index in [4.69, 9.17) is 5.73 Å². The Morgan fingerprint density at radius 1 is 1.53 bits per heavy atom. The van der Waals surface area contributed by atoms with E-state index in [2.05, 4.69) is 10.2 Å². The minimum atomic E-state index is -4.38. The van der Waals surface area contributed by atoms with E-state index in [1.165, 1.54) is 0 Å². The molecule has 98 valence electrons. The Labute approximate surface area is 103 Å². The van der Waals surface area contributed by atoms with Crippen LogP contribution in [0, 0.1) is 0 Å². The maximum atomic E-state index is 12.3. The number of halogens is 4. The molecule has 0 aromatic carbocycles. The normalized spacial score (nSPS) is 21.5. The van der Waals surface area contributed by atoms with Crippen LogP contribution in [-0.2, 0) is 12.7 Å². The summed E-state index contributed by atoms with van der Waals surface area (Å²) in [6.07, 6.45) is -3.49. The third-order valence-electron chi connectivity index (χ3n) is 2.62. The van der Waals surface area contributed by atoms with E-state index in [0.29, 0.717) is 12.2 Å². The number of aromatic amines is 1. The zero-order valence-corrected chi connectivity index (χ0v) is 9.81. The van der Waals surface area contributed by atoms with Gasteiger partial charge in [0.1, 0.15) is 0 Å². The van der Waals surface area contributed by atoms with Crippen molar-refractivity contribution >= 4 is 12.4 Å². The Morgan fingerprint density at radius 2 is 2.24 bits per heavy atom. The molecule has 0 spiro atoms. The molecule has 0 radical (unpaired) electrons. The average molecular weight is 271 g/mol. The van der Waals surface area contributed by atoms with Crippen LogP contribution >= 0.6 is 12.4 Å². The van der Waals surface area contributed by atoms with E-state index in [0.717, 1.165) is 25.6 Å². The van der Waals surface area contributed by atoms with Gasteiger partial charge in [-0.25, -0.2) is 0 Å². The van der Waals surface area contributed by atoms with Crippen LogP contribution in [0.5, 0.6) is 0 Å². The third-order valence-corrected chi connectivity index (χ3v) is 2.62. The number of nitrogens with one attached hydrogen (secondary N) is 1. The Bertz CT molecular complexity index is 365. The number of alkyl halides is 3. The van der Waals surface area contributed by atoms with Crippen molar-refractivity contribution in [2.75, 3.05) is 13.1 Å². The number of nitrogens with two attached hydrogens (primary N) is 1. The van der Waals surface area contributed by atoms with E-state index < -0.39 is 11.9 Å². The van der Waals surface area contributed by atoms with Crippen LogP contribution in [0.2, 0.25) is 0 Å². The van der Waals surface area contributed by atoms with Crippen molar-refractivity contribution in [1.82, 2.24) is 15.1 Å². The number of H-pyrrole nitrogens is 1. The van der Waals surface area contributed by atoms with Crippen LogP contribution in [-0.4, -0.2) is 34.2 Å². The summed E-state index contributed by atoms with van der Waals surface area (Å²) in [5, 5.41) is 5.64. The molecule has 1 aromatic rings. The van der Waals surface area contributed by atoms with E-state index in [1.54, 1.807) is 0 Å². The van der Waals surface area contributed by atoms with Crippen molar-refractivity contribution in [3.05, 3.63) is 17.5 Å². The fourth-order valence-electron chi connectivity index (χ4n) is 1.83. The largest absolute Gasteiger partial charge is 0.435 e. The lowest BCUT2D eigenvalue weighted by Crippen LogP contribution is -2.26. The van der Waals surface area contributed by atoms with Crippen LogP contribution in [0.1, 0.15) is 17.8 Å². The predicted octanol–water partition coefficient (Wildman–Crippen LogP) is 1.38. The van der Waals surface area contributed by atoms with Crippen LogP contribution < -0.4 is 5.73 Å². The highest BCUT2D eigenvalue weighted by molar-refractivity contribution is 5.85. The first-order valence-corrected chi connectivity index (χ1v) is 5.04. The summed E-state index contributed by atoms with van der Waals surface area (Å²) in [7, 11) is 0. The molecular weight excluding hydrogens is 257 g/mol. The van der Waals surface area contributed by atoms with Gasteiger partial charge in [0, 0.05) is 31.4 Å². The smallest absolute Gasteiger partial charge is 0.326 e. The molecule has 4 nitrogen and oxygen atoms in total. The summed E-state index contributed by atoms with van der Waals surface area (Å²) in [6.45, 7) is 1.98. The van der Waals surface area contributed by atoms with Gasteiger partial charge in [-0.15, -0.1) is 12.4 Å². The molecule has 0 aliphatic carbocycles. The molecule has 1 aromatic heterocycles. The number of nitrogens with zero attached hydrogens (tertiary/aromatic N) is 2. The van der Waals surface area contributed by atoms with Crippen molar-refractivity contribution in [3.8, 4) is 0 Å². The minimum absolute atomic E-state index is 0. The Kier molecular flexibility index (Phi) is 4.40. The first kappa shape index (κ1) is 14.3. The van der Waals surface area contributed by atoms with Gasteiger partial charge < -0.3 is 5.73 Å². The lowest BCUT2D eigenvalue weighted by Gasteiger charge is -2.12. The molecule has 0 bridgehead atoms. The number of hydrogen-bond donors (Lipinski definition) is 2. The fraction of sp³-hybridized carbons (Fsp3) is 0.667. The molecule has 1 aliphatic rings. The standard InChI is InChI=1S/C9H13F3N4.ClH/c10-9(11,12)8-3-7(14-15-8)5-16-2-1-6(13)4-16;/h3,6H,1-2,4-5,13H2,(H,14,15);1H. The molecule has 1 atom stereocenters. The second-order valence-electron chi connectivity index (χ2n) is 4.06. The van der Waals surface area contributed by atoms with Gasteiger partial charge >= 0.3 is 6.18 Å². The van der Waals surface area contributed by atoms with Crippen LogP contribution in [0.15, 0.2) is 6.07 Å². The van der Waals surface area contributed by atoms with Gasteiger partial charge in [-0.2, -0.15) is 18.3 Å². The van der Waals surface area contributed by atoms with Gasteiger partial charge in [0.2, 0.25) is 0 Å². The van der Waals surface area contributed by atoms with Gasteiger partial charge in [-0.3, -0.25) is 10.00 Å². The van der Waals surface area contributed by atoms with Gasteiger partial charge in [-0.1, -0.05) is 0 Å². The van der Waals surface area contributed by atoms with Crippen molar-refractivity contribution in [2.24, 2.45) is 5.73 Å². The molecule has 8 heteroatoms. The highest BCUT2D eigenvalue weighted by atomic mass is 35.5. The zero-order valence-electron chi connectivity index (χ0n) is 9.00. The molecule has 3 N–H and O–H groups in total. The van der Waals surface area contributed by atoms with E-state index in [9.17, 15) is 13.2 Å². The molecular formula is C9H14ClF3N4. The van der Waals surface area contributed by atoms with E-state index >= 15 is 0 Å². The summed E-state index contributed by atoms with van der Waals surface area (Å²) in [4.78, 5) is 2.01. The minimum Gasteiger partial charge on any atom is -0.326 e. The fourth-order valence-corrected chi connectivity index (χ4v) is 1.83. The average Bonchev–Trinajstić information content (AvgIpc) is 2.74. The monoisotopic (exact) mass is 270 g/mol. The van der Waals surface area contributed by atoms with Crippen LogP contribution in [0.4, 0.5) is 13.2 Å². The molecule has 0 amide bonds. The summed E-state index contributed by atoms with van der Waals surface area (Å²) in [6, 6.07) is 1.18. The van der Waals surface area contributed by atoms with Crippen molar-refractivity contribution in [3.63, 3.8) is 0 Å². The molecule has 1 fully saturated rings. The van der Waals surface area contributed by atoms with Crippen molar-refractivity contribution in [1.29, 1.82) is 0 Å². The summed E-state index contributed by atoms with van der Waals surface area (Å²) >= 11 is 0. The molecule has 1 unspecified atom stereocenters. The SMILES string of the molecule is Cl.NC1CCN(Cc2cc(C(F)(F)F)n[nH]2)C1. The highest BCUT2D eigenvalue weighted by Gasteiger charge is 2.34. The first-order valence-electron chi connectivity index (χ1n) is 5.04. The maximum absolute atomic E-state index is 12.3. The summed E-state index contributed by atoms with van der Waals surface area (Å²) in [5.41, 5.74) is 5.31. The quantitative estimate of drug-likeness (QED) is 0.854. The van der Waals surface area contributed by atoms with Gasteiger partial charge in [0.25, 0.3) is 0 Å². The van der Waals surface area contributed by atoms with Gasteiger partial charge in [-0.05, 0) is 12.5 Å². The Balaban J connectivity index is 0.00000144. The second-order valence-corrected chi connectivity index (χ2v) is 4.06. The van der Waals surface area contributed by atoms with Crippen LogP contribution in [0.3, 0.4) is 0 Å². The van der Waals surface area contributed by atoms with Crippen molar-refractivity contribution < 1.29 is 13.2 Å². The molecule has 1 aliphatic heterocycles. The number of aromatic nitrogens is 2. The topological polar surface area (TPSA) is 57.9 Å². The van der Waals surface area contributed by atoms with Crippen molar-refractivity contribution in [2.45, 2.75) is 25.2 Å². The predicted molar refractivity (Wildman–Crippen MR) is 58.7 cm³/mol. The number of rotatable bonds is 2. The van der Waals surface area contributed by atoms with E-state index in [-0.39, 0.29) is 18.4 Å². The number of likely N-dealkylation sites (tertiary alicyclic amines) is 1. The lowest BCUT2D eigenvalue weighted by molar-refractivity contribution is -0.141. The van der Waals surface area contributed by atoms with Crippen LogP contribution in [0.25, 0.3) is 0 Å². The first-order chi connectivity index (χ1) is 7.45. The molecule has 2 rings (SSSR count). The highest BCUT2D eigenvalue weighted by Crippen LogP contribution is 2.28. The van der Waals surface area contributed by atoms with Gasteiger partial charge in [0.15, 0.2) is 5.69 Å². The lowest BCUT2D eigenvalue weighted by atomic mass is 10.3. The van der Waals surface area contributed by atoms with E-state index in [1.807, 2.05) is 4.90 Å². The third kappa shape index (κ3) is 3.58. The number of hydrogen-bond acceptors (Lipinski definition) is 3. The summed E-state index contributed by atoms with van der Waals surface area (Å²) in [5.74, 6) is 0. The summed E-state index contributed by atoms with van der Waals surface area (Å²) < 4.78 is 36.8. The molecule has 0 saturated carbocycles. The molecule has 17 heavy (non-hydrogen) atoms. The molecule has 2 heterocycles. The Hall–Kier alpha value is -0.790.